The minimum Gasteiger partial charge on any atom is -0.507 e. The van der Waals surface area contributed by atoms with Crippen LogP contribution < -0.4 is 0 Å². The van der Waals surface area contributed by atoms with Crippen molar-refractivity contribution in [1.29, 1.82) is 0 Å². The van der Waals surface area contributed by atoms with Crippen LogP contribution in [0.15, 0.2) is 50.7 Å². The Morgan fingerprint density at radius 3 is 1.79 bits per heavy atom. The lowest BCUT2D eigenvalue weighted by atomic mass is 9.87. The Hall–Kier alpha value is -1.30. The number of thiophene rings is 1. The molecule has 1 heterocycles. The molecule has 0 saturated carbocycles. The predicted octanol–water partition coefficient (Wildman–Crippen LogP) is 6.48. The molecule has 0 saturated heterocycles. The Balaban J connectivity index is 2.32. The molecular formula is C19H16Br2O2S. The van der Waals surface area contributed by atoms with E-state index in [2.05, 4.69) is 31.9 Å². The normalized spacial score (nSPS) is 11.2. The standard InChI is InChI=1S/C19H16Br2O2S/c1-10-6-12(20)8-14(18(10)22)17(16-4-3-5-24-16)15-9-13(21)7-11(2)19(15)23/h3-9,17,22-23H,1-2H3. The third-order valence-electron chi connectivity index (χ3n) is 4.04. The smallest absolute Gasteiger partial charge is 0.122 e. The van der Waals surface area contributed by atoms with Crippen LogP contribution in [-0.2, 0) is 0 Å². The van der Waals surface area contributed by atoms with Crippen LogP contribution >= 0.6 is 43.2 Å². The maximum Gasteiger partial charge on any atom is 0.122 e. The molecule has 2 N–H and O–H groups in total. The number of phenols is 2. The van der Waals surface area contributed by atoms with Gasteiger partial charge in [0.2, 0.25) is 0 Å². The minimum atomic E-state index is -0.239. The lowest BCUT2D eigenvalue weighted by Gasteiger charge is -2.21. The molecule has 0 fully saturated rings. The van der Waals surface area contributed by atoms with E-state index in [4.69, 9.17) is 0 Å². The van der Waals surface area contributed by atoms with E-state index in [1.165, 1.54) is 0 Å². The zero-order valence-electron chi connectivity index (χ0n) is 13.2. The zero-order valence-corrected chi connectivity index (χ0v) is 17.2. The van der Waals surface area contributed by atoms with Gasteiger partial charge in [-0.15, -0.1) is 11.3 Å². The van der Waals surface area contributed by atoms with Gasteiger partial charge >= 0.3 is 0 Å². The molecule has 0 spiro atoms. The van der Waals surface area contributed by atoms with Crippen molar-refractivity contribution in [2.24, 2.45) is 0 Å². The van der Waals surface area contributed by atoms with Crippen LogP contribution in [0, 0.1) is 13.8 Å². The molecule has 1 aromatic heterocycles. The maximum absolute atomic E-state index is 10.7. The maximum atomic E-state index is 10.7. The second-order valence-corrected chi connectivity index (χ2v) is 8.58. The van der Waals surface area contributed by atoms with E-state index in [0.717, 1.165) is 36.1 Å². The average molecular weight is 468 g/mol. The molecule has 0 aliphatic heterocycles. The summed E-state index contributed by atoms with van der Waals surface area (Å²) in [7, 11) is 0. The van der Waals surface area contributed by atoms with Crippen LogP contribution in [0.5, 0.6) is 11.5 Å². The first-order chi connectivity index (χ1) is 11.4. The Kier molecular flexibility index (Phi) is 5.04. The molecule has 5 heteroatoms. The molecule has 3 aromatic rings. The van der Waals surface area contributed by atoms with Gasteiger partial charge in [-0.25, -0.2) is 0 Å². The summed E-state index contributed by atoms with van der Waals surface area (Å²) >= 11 is 8.65. The highest BCUT2D eigenvalue weighted by Crippen LogP contribution is 2.45. The molecule has 0 bridgehead atoms. The molecule has 124 valence electrons. The molecule has 0 unspecified atom stereocenters. The SMILES string of the molecule is Cc1cc(Br)cc(C(c2cccs2)c2cc(Br)cc(C)c2O)c1O. The van der Waals surface area contributed by atoms with Crippen LogP contribution in [0.2, 0.25) is 0 Å². The fourth-order valence-electron chi connectivity index (χ4n) is 2.89. The molecule has 2 nitrogen and oxygen atoms in total. The summed E-state index contributed by atoms with van der Waals surface area (Å²) in [5, 5.41) is 23.4. The highest BCUT2D eigenvalue weighted by atomic mass is 79.9. The number of aromatic hydroxyl groups is 2. The topological polar surface area (TPSA) is 40.5 Å². The van der Waals surface area contributed by atoms with Crippen LogP contribution in [0.4, 0.5) is 0 Å². The second-order valence-electron chi connectivity index (χ2n) is 5.77. The van der Waals surface area contributed by atoms with Crippen molar-refractivity contribution in [3.05, 3.63) is 77.9 Å². The van der Waals surface area contributed by atoms with E-state index in [1.807, 2.05) is 55.6 Å². The lowest BCUT2D eigenvalue weighted by molar-refractivity contribution is 0.454. The zero-order chi connectivity index (χ0) is 17.4. The number of phenolic OH excluding ortho intramolecular Hbond substituents is 2. The molecule has 24 heavy (non-hydrogen) atoms. The van der Waals surface area contributed by atoms with Gasteiger partial charge in [0.25, 0.3) is 0 Å². The Labute approximate surface area is 162 Å². The third kappa shape index (κ3) is 3.25. The van der Waals surface area contributed by atoms with Gasteiger partial charge in [-0.1, -0.05) is 37.9 Å². The van der Waals surface area contributed by atoms with Gasteiger partial charge < -0.3 is 10.2 Å². The number of halogens is 2. The Morgan fingerprint density at radius 1 is 0.875 bits per heavy atom. The van der Waals surface area contributed by atoms with E-state index in [9.17, 15) is 10.2 Å². The van der Waals surface area contributed by atoms with Crippen LogP contribution in [-0.4, -0.2) is 10.2 Å². The second kappa shape index (κ2) is 6.90. The summed E-state index contributed by atoms with van der Waals surface area (Å²) in [5.74, 6) is 0.277. The Bertz CT molecular complexity index is 831. The summed E-state index contributed by atoms with van der Waals surface area (Å²) in [4.78, 5) is 1.07. The highest BCUT2D eigenvalue weighted by molar-refractivity contribution is 9.10. The van der Waals surface area contributed by atoms with Crippen molar-refractivity contribution in [1.82, 2.24) is 0 Å². The summed E-state index contributed by atoms with van der Waals surface area (Å²) in [6.45, 7) is 3.75. The van der Waals surface area contributed by atoms with E-state index in [1.54, 1.807) is 11.3 Å². The van der Waals surface area contributed by atoms with Crippen molar-refractivity contribution in [2.75, 3.05) is 0 Å². The first kappa shape index (κ1) is 17.5. The van der Waals surface area contributed by atoms with Crippen molar-refractivity contribution < 1.29 is 10.2 Å². The molecule has 0 amide bonds. The first-order valence-corrected chi connectivity index (χ1v) is 9.86. The van der Waals surface area contributed by atoms with Gasteiger partial charge in [-0.2, -0.15) is 0 Å². The van der Waals surface area contributed by atoms with Crippen molar-refractivity contribution in [2.45, 2.75) is 19.8 Å². The lowest BCUT2D eigenvalue weighted by Crippen LogP contribution is -2.04. The molecule has 0 radical (unpaired) electrons. The molecule has 0 aliphatic carbocycles. The van der Waals surface area contributed by atoms with Crippen molar-refractivity contribution in [3.63, 3.8) is 0 Å². The molecule has 2 aromatic carbocycles. The first-order valence-electron chi connectivity index (χ1n) is 7.40. The van der Waals surface area contributed by atoms with Crippen molar-refractivity contribution in [3.8, 4) is 11.5 Å². The number of benzene rings is 2. The van der Waals surface area contributed by atoms with Crippen LogP contribution in [0.25, 0.3) is 0 Å². The number of hydrogen-bond donors (Lipinski definition) is 2. The number of hydrogen-bond acceptors (Lipinski definition) is 3. The molecule has 0 atom stereocenters. The summed E-state index contributed by atoms with van der Waals surface area (Å²) < 4.78 is 1.81. The van der Waals surface area contributed by atoms with Gasteiger partial charge in [-0.3, -0.25) is 0 Å². The Morgan fingerprint density at radius 2 is 1.38 bits per heavy atom. The average Bonchev–Trinajstić information content (AvgIpc) is 3.03. The van der Waals surface area contributed by atoms with Crippen LogP contribution in [0.3, 0.4) is 0 Å². The van der Waals surface area contributed by atoms with Crippen molar-refractivity contribution >= 4 is 43.2 Å². The molecule has 3 rings (SSSR count). The fraction of sp³-hybridized carbons (Fsp3) is 0.158. The molecule has 0 aliphatic rings. The number of rotatable bonds is 3. The predicted molar refractivity (Wildman–Crippen MR) is 106 cm³/mol. The molecular weight excluding hydrogens is 452 g/mol. The number of aryl methyl sites for hydroxylation is 2. The van der Waals surface area contributed by atoms with Gasteiger partial charge in [-0.05, 0) is 60.7 Å². The summed E-state index contributed by atoms with van der Waals surface area (Å²) in [5.41, 5.74) is 3.15. The largest absolute Gasteiger partial charge is 0.507 e. The highest BCUT2D eigenvalue weighted by Gasteiger charge is 2.26. The van der Waals surface area contributed by atoms with Gasteiger partial charge in [0.15, 0.2) is 0 Å². The van der Waals surface area contributed by atoms with Gasteiger partial charge in [0.05, 0.1) is 5.92 Å². The van der Waals surface area contributed by atoms with Gasteiger partial charge in [0.1, 0.15) is 11.5 Å². The van der Waals surface area contributed by atoms with E-state index < -0.39 is 0 Å². The quantitative estimate of drug-likeness (QED) is 0.462. The minimum absolute atomic E-state index is 0.239. The monoisotopic (exact) mass is 466 g/mol. The van der Waals surface area contributed by atoms with E-state index >= 15 is 0 Å². The van der Waals surface area contributed by atoms with Crippen LogP contribution in [0.1, 0.15) is 33.0 Å². The van der Waals surface area contributed by atoms with Gasteiger partial charge in [0, 0.05) is 24.9 Å². The summed E-state index contributed by atoms with van der Waals surface area (Å²) in [6, 6.07) is 11.6. The summed E-state index contributed by atoms with van der Waals surface area (Å²) in [6.07, 6.45) is 0. The van der Waals surface area contributed by atoms with E-state index in [0.29, 0.717) is 0 Å². The third-order valence-corrected chi connectivity index (χ3v) is 5.89. The fourth-order valence-corrected chi connectivity index (χ4v) is 4.93. The van der Waals surface area contributed by atoms with E-state index in [-0.39, 0.29) is 17.4 Å².